The summed E-state index contributed by atoms with van der Waals surface area (Å²) in [5.41, 5.74) is 1.42. The van der Waals surface area contributed by atoms with Crippen LogP contribution in [0.25, 0.3) is 11.0 Å². The predicted molar refractivity (Wildman–Crippen MR) is 124 cm³/mol. The Labute approximate surface area is 190 Å². The van der Waals surface area contributed by atoms with Crippen molar-refractivity contribution in [2.75, 3.05) is 19.6 Å². The van der Waals surface area contributed by atoms with Crippen molar-refractivity contribution in [1.82, 2.24) is 19.2 Å². The zero-order chi connectivity index (χ0) is 21.8. The minimum atomic E-state index is -0.0315. The molecule has 3 aromatic rings. The highest BCUT2D eigenvalue weighted by Crippen LogP contribution is 2.23. The Morgan fingerprint density at radius 2 is 2.00 bits per heavy atom. The molecule has 0 saturated carbocycles. The Kier molecular flexibility index (Phi) is 6.73. The second-order valence-corrected chi connectivity index (χ2v) is 8.83. The molecule has 4 rings (SSSR count). The summed E-state index contributed by atoms with van der Waals surface area (Å²) in [4.78, 5) is 34.7. The summed E-state index contributed by atoms with van der Waals surface area (Å²) in [6.07, 6.45) is 7.66. The second kappa shape index (κ2) is 9.66. The number of thiazole rings is 1. The first kappa shape index (κ1) is 21.6. The van der Waals surface area contributed by atoms with Gasteiger partial charge in [-0.1, -0.05) is 36.7 Å². The minimum absolute atomic E-state index is 0.0315. The van der Waals surface area contributed by atoms with E-state index in [4.69, 9.17) is 11.6 Å². The van der Waals surface area contributed by atoms with Gasteiger partial charge in [-0.15, -0.1) is 11.3 Å². The van der Waals surface area contributed by atoms with Crippen molar-refractivity contribution in [2.24, 2.45) is 0 Å². The van der Waals surface area contributed by atoms with Gasteiger partial charge in [-0.3, -0.25) is 14.0 Å². The zero-order valence-electron chi connectivity index (χ0n) is 17.4. The molecule has 0 atom stereocenters. The molecule has 0 bridgehead atoms. The van der Waals surface area contributed by atoms with E-state index in [1.54, 1.807) is 12.2 Å². The van der Waals surface area contributed by atoms with Gasteiger partial charge in [-0.25, -0.2) is 4.98 Å². The van der Waals surface area contributed by atoms with E-state index in [2.05, 4.69) is 11.9 Å². The number of hydrogen-bond donors (Lipinski definition) is 0. The van der Waals surface area contributed by atoms with Crippen LogP contribution in [0.5, 0.6) is 0 Å². The Morgan fingerprint density at radius 1 is 1.26 bits per heavy atom. The van der Waals surface area contributed by atoms with Crippen molar-refractivity contribution in [2.45, 2.75) is 32.2 Å². The van der Waals surface area contributed by atoms with Gasteiger partial charge in [0.1, 0.15) is 0 Å². The number of halogens is 1. The molecule has 2 amide bonds. The largest absolute Gasteiger partial charge is 0.338 e. The van der Waals surface area contributed by atoms with Crippen LogP contribution in [0.3, 0.4) is 0 Å². The third kappa shape index (κ3) is 4.67. The molecule has 0 N–H and O–H groups in total. The van der Waals surface area contributed by atoms with Crippen LogP contribution >= 0.6 is 22.9 Å². The lowest BCUT2D eigenvalue weighted by molar-refractivity contribution is -0.129. The summed E-state index contributed by atoms with van der Waals surface area (Å²) >= 11 is 7.74. The maximum Gasteiger partial charge on any atom is 0.253 e. The van der Waals surface area contributed by atoms with Crippen molar-refractivity contribution < 1.29 is 9.59 Å². The maximum atomic E-state index is 13.0. The average molecular weight is 457 g/mol. The summed E-state index contributed by atoms with van der Waals surface area (Å²) < 4.78 is 1.88. The molecule has 3 heterocycles. The van der Waals surface area contributed by atoms with Gasteiger partial charge in [0.05, 0.1) is 5.69 Å². The van der Waals surface area contributed by atoms with Gasteiger partial charge in [0.15, 0.2) is 10.1 Å². The fraction of sp³-hybridized carbons (Fsp3) is 0.348. The number of imidazole rings is 1. The molecule has 0 radical (unpaired) electrons. The molecule has 1 aromatic carbocycles. The lowest BCUT2D eigenvalue weighted by Gasteiger charge is -2.38. The lowest BCUT2D eigenvalue weighted by Crippen LogP contribution is -2.48. The molecule has 0 aliphatic carbocycles. The number of aromatic nitrogens is 2. The van der Waals surface area contributed by atoms with E-state index in [1.165, 1.54) is 11.3 Å². The number of piperidine rings is 1. The quantitative estimate of drug-likeness (QED) is 0.509. The normalized spacial score (nSPS) is 15.1. The number of fused-ring (bicyclic) bond motifs is 1. The van der Waals surface area contributed by atoms with Crippen LogP contribution < -0.4 is 0 Å². The molecule has 1 fully saturated rings. The van der Waals surface area contributed by atoms with Crippen LogP contribution in [0, 0.1) is 0 Å². The van der Waals surface area contributed by atoms with E-state index in [-0.39, 0.29) is 17.9 Å². The van der Waals surface area contributed by atoms with Gasteiger partial charge < -0.3 is 9.80 Å². The molecule has 1 saturated heterocycles. The molecule has 2 aromatic heterocycles. The van der Waals surface area contributed by atoms with Gasteiger partial charge in [0.25, 0.3) is 5.91 Å². The molecule has 0 spiro atoms. The van der Waals surface area contributed by atoms with Crippen molar-refractivity contribution in [3.05, 3.63) is 64.4 Å². The van der Waals surface area contributed by atoms with Crippen LogP contribution in [-0.2, 0) is 4.79 Å². The lowest BCUT2D eigenvalue weighted by atomic mass is 10.0. The first-order chi connectivity index (χ1) is 15.1. The molecular formula is C23H25ClN4O2S. The molecule has 8 heteroatoms. The van der Waals surface area contributed by atoms with Crippen molar-refractivity contribution in [1.29, 1.82) is 0 Å². The van der Waals surface area contributed by atoms with Crippen LogP contribution in [0.4, 0.5) is 0 Å². The van der Waals surface area contributed by atoms with Crippen molar-refractivity contribution in [3.63, 3.8) is 0 Å². The second-order valence-electron chi connectivity index (χ2n) is 7.60. The number of likely N-dealkylation sites (tertiary alicyclic amines) is 1. The molecule has 6 nitrogen and oxygen atoms in total. The monoisotopic (exact) mass is 456 g/mol. The van der Waals surface area contributed by atoms with Gasteiger partial charge in [0, 0.05) is 48.9 Å². The van der Waals surface area contributed by atoms with Crippen molar-refractivity contribution in [3.8, 4) is 0 Å². The van der Waals surface area contributed by atoms with E-state index < -0.39 is 0 Å². The van der Waals surface area contributed by atoms with E-state index in [0.717, 1.165) is 24.2 Å². The number of benzene rings is 1. The first-order valence-corrected chi connectivity index (χ1v) is 11.8. The fourth-order valence-corrected chi connectivity index (χ4v) is 5.03. The van der Waals surface area contributed by atoms with E-state index >= 15 is 0 Å². The SMILES string of the molecule is CCCN(C(=O)/C=C/c1c(Cl)nc2sccn12)C1CCN(C(=O)c2ccccc2)CC1. The highest BCUT2D eigenvalue weighted by Gasteiger charge is 2.29. The predicted octanol–water partition coefficient (Wildman–Crippen LogP) is 4.61. The molecule has 0 unspecified atom stereocenters. The topological polar surface area (TPSA) is 57.9 Å². The fourth-order valence-electron chi connectivity index (χ4n) is 4.03. The number of carbonyl (C=O) groups excluding carboxylic acids is 2. The molecule has 1 aliphatic heterocycles. The van der Waals surface area contributed by atoms with Crippen LogP contribution in [0.1, 0.15) is 42.2 Å². The summed E-state index contributed by atoms with van der Waals surface area (Å²) in [6, 6.07) is 9.48. The Bertz CT molecular complexity index is 1080. The van der Waals surface area contributed by atoms with E-state index in [1.807, 2.05) is 56.1 Å². The van der Waals surface area contributed by atoms with Gasteiger partial charge in [-0.05, 0) is 37.5 Å². The number of hydrogen-bond acceptors (Lipinski definition) is 4. The third-order valence-corrected chi connectivity index (χ3v) is 6.63. The number of rotatable bonds is 6. The smallest absolute Gasteiger partial charge is 0.253 e. The third-order valence-electron chi connectivity index (χ3n) is 5.60. The summed E-state index contributed by atoms with van der Waals surface area (Å²) in [7, 11) is 0. The van der Waals surface area contributed by atoms with E-state index in [9.17, 15) is 9.59 Å². The minimum Gasteiger partial charge on any atom is -0.338 e. The number of nitrogens with zero attached hydrogens (tertiary/aromatic N) is 4. The van der Waals surface area contributed by atoms with Crippen LogP contribution in [0.2, 0.25) is 5.15 Å². The van der Waals surface area contributed by atoms with Crippen molar-refractivity contribution >= 4 is 45.8 Å². The van der Waals surface area contributed by atoms with E-state index in [0.29, 0.717) is 36.0 Å². The van der Waals surface area contributed by atoms with Gasteiger partial charge in [-0.2, -0.15) is 0 Å². The van der Waals surface area contributed by atoms with Crippen LogP contribution in [-0.4, -0.2) is 56.7 Å². The van der Waals surface area contributed by atoms with Crippen LogP contribution in [0.15, 0.2) is 48.0 Å². The summed E-state index contributed by atoms with van der Waals surface area (Å²) in [6.45, 7) is 4.06. The summed E-state index contributed by atoms with van der Waals surface area (Å²) in [5, 5.41) is 2.33. The Balaban J connectivity index is 1.42. The standard InChI is InChI=1S/C23H25ClN4O2S/c1-2-12-27(20(29)9-8-19-21(24)25-23-28(19)15-16-31-23)18-10-13-26(14-11-18)22(30)17-6-4-3-5-7-17/h3-9,15-16,18H,2,10-14H2,1H3/b9-8+. The first-order valence-electron chi connectivity index (χ1n) is 10.5. The number of amides is 2. The maximum absolute atomic E-state index is 13.0. The Morgan fingerprint density at radius 3 is 2.71 bits per heavy atom. The molecular weight excluding hydrogens is 432 g/mol. The van der Waals surface area contributed by atoms with Gasteiger partial charge >= 0.3 is 0 Å². The van der Waals surface area contributed by atoms with Gasteiger partial charge in [0.2, 0.25) is 5.91 Å². The molecule has 31 heavy (non-hydrogen) atoms. The summed E-state index contributed by atoms with van der Waals surface area (Å²) in [5.74, 6) is 0.0263. The molecule has 162 valence electrons. The molecule has 1 aliphatic rings. The zero-order valence-corrected chi connectivity index (χ0v) is 19.0. The number of carbonyl (C=O) groups is 2. The Hall–Kier alpha value is -2.64. The highest BCUT2D eigenvalue weighted by atomic mass is 35.5. The average Bonchev–Trinajstić information content (AvgIpc) is 3.36. The highest BCUT2D eigenvalue weighted by molar-refractivity contribution is 7.15.